The molecule has 0 N–H and O–H groups in total. The minimum Gasteiger partial charge on any atom is -0.256 e. The van der Waals surface area contributed by atoms with Gasteiger partial charge in [-0.25, -0.2) is 0 Å². The van der Waals surface area contributed by atoms with Crippen LogP contribution in [-0.4, -0.2) is 4.98 Å². The van der Waals surface area contributed by atoms with Gasteiger partial charge in [-0.05, 0) is 54.3 Å². The van der Waals surface area contributed by atoms with Crippen molar-refractivity contribution in [3.63, 3.8) is 0 Å². The Bertz CT molecular complexity index is 762. The van der Waals surface area contributed by atoms with Crippen molar-refractivity contribution in [2.75, 3.05) is 0 Å². The molecule has 0 saturated carbocycles. The van der Waals surface area contributed by atoms with Gasteiger partial charge in [0.2, 0.25) is 0 Å². The number of hydrogen-bond acceptors (Lipinski definition) is 1. The molecular weight excluding hydrogens is 322 g/mol. The van der Waals surface area contributed by atoms with Crippen LogP contribution in [0.25, 0.3) is 22.4 Å². The quantitative estimate of drug-likeness (QED) is 0.576. The van der Waals surface area contributed by atoms with Crippen molar-refractivity contribution < 1.29 is 0 Å². The second-order valence-electron chi connectivity index (χ2n) is 5.21. The highest BCUT2D eigenvalue weighted by molar-refractivity contribution is 9.10. The van der Waals surface area contributed by atoms with Gasteiger partial charge in [0, 0.05) is 16.2 Å². The maximum Gasteiger partial charge on any atom is 0.0701 e. The number of hydrogen-bond donors (Lipinski definition) is 0. The zero-order valence-corrected chi connectivity index (χ0v) is 13.7. The van der Waals surface area contributed by atoms with Crippen LogP contribution in [0.4, 0.5) is 0 Å². The first-order valence-electron chi connectivity index (χ1n) is 6.94. The number of pyridine rings is 1. The van der Waals surface area contributed by atoms with Crippen molar-refractivity contribution in [3.05, 3.63) is 76.4 Å². The molecule has 3 rings (SSSR count). The fourth-order valence-corrected chi connectivity index (χ4v) is 3.04. The predicted molar refractivity (Wildman–Crippen MR) is 92.3 cm³/mol. The molecule has 0 fully saturated rings. The second-order valence-corrected chi connectivity index (χ2v) is 6.06. The minimum absolute atomic E-state index is 1.00. The van der Waals surface area contributed by atoms with Gasteiger partial charge in [0.05, 0.1) is 5.69 Å². The van der Waals surface area contributed by atoms with E-state index in [1.165, 1.54) is 22.3 Å². The number of benzene rings is 2. The molecule has 0 unspecified atom stereocenters. The third-order valence-electron chi connectivity index (χ3n) is 3.74. The number of nitrogens with zero attached hydrogens (tertiary/aromatic N) is 1. The molecule has 0 aliphatic carbocycles. The summed E-state index contributed by atoms with van der Waals surface area (Å²) in [6.07, 6.45) is 1.82. The molecule has 0 spiro atoms. The fraction of sp³-hybridized carbons (Fsp3) is 0.105. The lowest BCUT2D eigenvalue weighted by Gasteiger charge is -2.10. The summed E-state index contributed by atoms with van der Waals surface area (Å²) < 4.78 is 1.14. The fourth-order valence-electron chi connectivity index (χ4n) is 2.36. The number of aryl methyl sites for hydroxylation is 2. The lowest BCUT2D eigenvalue weighted by atomic mass is 9.99. The van der Waals surface area contributed by atoms with Crippen molar-refractivity contribution in [2.24, 2.45) is 0 Å². The van der Waals surface area contributed by atoms with Crippen LogP contribution in [0.15, 0.2) is 65.3 Å². The highest BCUT2D eigenvalue weighted by Crippen LogP contribution is 2.32. The van der Waals surface area contributed by atoms with Crippen molar-refractivity contribution in [1.29, 1.82) is 0 Å². The summed E-state index contributed by atoms with van der Waals surface area (Å²) in [6.45, 7) is 4.28. The van der Waals surface area contributed by atoms with Gasteiger partial charge in [-0.2, -0.15) is 0 Å². The molecule has 0 aliphatic rings. The Labute approximate surface area is 133 Å². The third kappa shape index (κ3) is 2.91. The highest BCUT2D eigenvalue weighted by Gasteiger charge is 2.06. The number of rotatable bonds is 2. The third-order valence-corrected chi connectivity index (χ3v) is 4.40. The van der Waals surface area contributed by atoms with Gasteiger partial charge < -0.3 is 0 Å². The Balaban J connectivity index is 2.00. The van der Waals surface area contributed by atoms with Gasteiger partial charge in [-0.15, -0.1) is 0 Å². The summed E-state index contributed by atoms with van der Waals surface area (Å²) in [5, 5.41) is 0. The zero-order chi connectivity index (χ0) is 14.8. The summed E-state index contributed by atoms with van der Waals surface area (Å²) in [4.78, 5) is 4.39. The molecule has 3 aromatic rings. The molecule has 0 atom stereocenters. The van der Waals surface area contributed by atoms with E-state index in [0.29, 0.717) is 0 Å². The molecule has 1 aromatic heterocycles. The van der Waals surface area contributed by atoms with E-state index in [0.717, 1.165) is 15.7 Å². The maximum absolute atomic E-state index is 4.39. The maximum atomic E-state index is 4.39. The van der Waals surface area contributed by atoms with E-state index in [9.17, 15) is 0 Å². The molecule has 0 radical (unpaired) electrons. The van der Waals surface area contributed by atoms with E-state index in [-0.39, 0.29) is 0 Å². The molecule has 21 heavy (non-hydrogen) atoms. The summed E-state index contributed by atoms with van der Waals surface area (Å²) in [5.74, 6) is 0. The topological polar surface area (TPSA) is 12.9 Å². The van der Waals surface area contributed by atoms with E-state index < -0.39 is 0 Å². The Hall–Kier alpha value is -1.93. The van der Waals surface area contributed by atoms with Crippen molar-refractivity contribution in [2.45, 2.75) is 13.8 Å². The average molecular weight is 338 g/mol. The molecular formula is C19H16BrN. The highest BCUT2D eigenvalue weighted by atomic mass is 79.9. The molecule has 1 heterocycles. The van der Waals surface area contributed by atoms with Crippen LogP contribution in [0, 0.1) is 13.8 Å². The van der Waals surface area contributed by atoms with Gasteiger partial charge in [0.15, 0.2) is 0 Å². The molecule has 2 heteroatoms. The van der Waals surface area contributed by atoms with Crippen LogP contribution >= 0.6 is 15.9 Å². The van der Waals surface area contributed by atoms with Gasteiger partial charge >= 0.3 is 0 Å². The van der Waals surface area contributed by atoms with Crippen LogP contribution in [0.3, 0.4) is 0 Å². The number of aromatic nitrogens is 1. The van der Waals surface area contributed by atoms with Crippen LogP contribution < -0.4 is 0 Å². The van der Waals surface area contributed by atoms with Crippen LogP contribution in [0.5, 0.6) is 0 Å². The Morgan fingerprint density at radius 1 is 0.810 bits per heavy atom. The van der Waals surface area contributed by atoms with Gasteiger partial charge in [-0.3, -0.25) is 4.98 Å². The summed E-state index contributed by atoms with van der Waals surface area (Å²) >= 11 is 3.67. The van der Waals surface area contributed by atoms with Gasteiger partial charge in [0.25, 0.3) is 0 Å². The average Bonchev–Trinajstić information content (AvgIpc) is 2.52. The van der Waals surface area contributed by atoms with Gasteiger partial charge in [0.1, 0.15) is 0 Å². The molecule has 0 amide bonds. The van der Waals surface area contributed by atoms with E-state index in [1.807, 2.05) is 24.4 Å². The van der Waals surface area contributed by atoms with Crippen LogP contribution in [0.2, 0.25) is 0 Å². The van der Waals surface area contributed by atoms with E-state index in [4.69, 9.17) is 0 Å². The van der Waals surface area contributed by atoms with E-state index in [1.54, 1.807) is 0 Å². The van der Waals surface area contributed by atoms with E-state index >= 15 is 0 Å². The Morgan fingerprint density at radius 2 is 1.48 bits per heavy atom. The van der Waals surface area contributed by atoms with Gasteiger partial charge in [-0.1, -0.05) is 52.3 Å². The molecule has 0 saturated heterocycles. The number of halogens is 1. The SMILES string of the molecule is Cc1cc(Br)c(-c2ccc(-c3ccccn3)cc2)cc1C. The zero-order valence-electron chi connectivity index (χ0n) is 12.1. The van der Waals surface area contributed by atoms with Crippen molar-refractivity contribution in [3.8, 4) is 22.4 Å². The second kappa shape index (κ2) is 5.82. The van der Waals surface area contributed by atoms with Crippen molar-refractivity contribution >= 4 is 15.9 Å². The molecule has 104 valence electrons. The summed E-state index contributed by atoms with van der Waals surface area (Å²) in [7, 11) is 0. The largest absolute Gasteiger partial charge is 0.256 e. The predicted octanol–water partition coefficient (Wildman–Crippen LogP) is 5.79. The monoisotopic (exact) mass is 337 g/mol. The standard InChI is InChI=1S/C19H16BrN/c1-13-11-17(18(20)12-14(13)2)15-6-8-16(9-7-15)19-5-3-4-10-21-19/h3-12H,1-2H3. The molecule has 2 aromatic carbocycles. The molecule has 0 aliphatic heterocycles. The molecule has 0 bridgehead atoms. The first-order chi connectivity index (χ1) is 10.1. The smallest absolute Gasteiger partial charge is 0.0701 e. The summed E-state index contributed by atoms with van der Waals surface area (Å²) in [5.41, 5.74) is 7.19. The van der Waals surface area contributed by atoms with E-state index in [2.05, 4.69) is 71.2 Å². The van der Waals surface area contributed by atoms with Crippen LogP contribution in [-0.2, 0) is 0 Å². The first-order valence-corrected chi connectivity index (χ1v) is 7.73. The lowest BCUT2D eigenvalue weighted by Crippen LogP contribution is -1.87. The lowest BCUT2D eigenvalue weighted by molar-refractivity contribution is 1.32. The van der Waals surface area contributed by atoms with Crippen LogP contribution in [0.1, 0.15) is 11.1 Å². The van der Waals surface area contributed by atoms with Crippen molar-refractivity contribution in [1.82, 2.24) is 4.98 Å². The first kappa shape index (κ1) is 14.0. The molecule has 1 nitrogen and oxygen atoms in total. The Kier molecular flexibility index (Phi) is 3.89. The normalized spacial score (nSPS) is 10.6. The Morgan fingerprint density at radius 3 is 2.14 bits per heavy atom. The minimum atomic E-state index is 1.00. The summed E-state index contributed by atoms with van der Waals surface area (Å²) in [6, 6.07) is 18.9.